The Morgan fingerprint density at radius 2 is 2.08 bits per heavy atom. The molecule has 0 radical (unpaired) electrons. The monoisotopic (exact) mass is 184 g/mol. The molecule has 0 bridgehead atoms. The highest BCUT2D eigenvalue weighted by molar-refractivity contribution is 5.83. The highest BCUT2D eigenvalue weighted by Crippen LogP contribution is 2.28. The average Bonchev–Trinajstić information content (AvgIpc) is 2.59. The van der Waals surface area contributed by atoms with Gasteiger partial charge in [0.25, 0.3) is 0 Å². The number of carbonyl (C=O) groups excluding carboxylic acids is 1. The minimum Gasteiger partial charge on any atom is -0.374 e. The van der Waals surface area contributed by atoms with Crippen LogP contribution >= 0.6 is 0 Å². The van der Waals surface area contributed by atoms with Gasteiger partial charge in [0.2, 0.25) is 0 Å². The van der Waals surface area contributed by atoms with Crippen LogP contribution in [0.4, 0.5) is 0 Å². The number of methoxy groups -OCH3 is 1. The molecule has 0 saturated heterocycles. The van der Waals surface area contributed by atoms with E-state index in [4.69, 9.17) is 4.74 Å². The van der Waals surface area contributed by atoms with Crippen LogP contribution in [-0.2, 0) is 9.53 Å². The predicted octanol–water partition coefficient (Wildman–Crippen LogP) is 2.56. The van der Waals surface area contributed by atoms with Crippen LogP contribution in [0, 0.1) is 5.92 Å². The standard InChI is InChI=1S/C11H20O2/c1-3-11(13-2)10(12)8-9-6-4-5-7-9/h9,11H,3-8H2,1-2H3. The summed E-state index contributed by atoms with van der Waals surface area (Å²) in [4.78, 5) is 11.6. The SMILES string of the molecule is CCC(OC)C(=O)CC1CCCC1. The lowest BCUT2D eigenvalue weighted by atomic mass is 9.97. The Morgan fingerprint density at radius 3 is 2.54 bits per heavy atom. The Labute approximate surface area is 80.7 Å². The molecule has 1 fully saturated rings. The second kappa shape index (κ2) is 5.38. The number of hydrogen-bond donors (Lipinski definition) is 0. The van der Waals surface area contributed by atoms with E-state index in [1.807, 2.05) is 6.92 Å². The largest absolute Gasteiger partial charge is 0.374 e. The van der Waals surface area contributed by atoms with Gasteiger partial charge in [0.1, 0.15) is 6.10 Å². The average molecular weight is 184 g/mol. The van der Waals surface area contributed by atoms with Crippen LogP contribution in [0.2, 0.25) is 0 Å². The summed E-state index contributed by atoms with van der Waals surface area (Å²) in [6.45, 7) is 2.00. The van der Waals surface area contributed by atoms with Gasteiger partial charge in [-0.1, -0.05) is 32.6 Å². The summed E-state index contributed by atoms with van der Waals surface area (Å²) in [5, 5.41) is 0. The summed E-state index contributed by atoms with van der Waals surface area (Å²) in [5.74, 6) is 0.952. The zero-order valence-corrected chi connectivity index (χ0v) is 8.71. The summed E-state index contributed by atoms with van der Waals surface area (Å²) >= 11 is 0. The maximum Gasteiger partial charge on any atom is 0.161 e. The molecule has 0 aliphatic heterocycles. The molecule has 0 aromatic rings. The van der Waals surface area contributed by atoms with Crippen LogP contribution in [0.1, 0.15) is 45.4 Å². The highest BCUT2D eigenvalue weighted by Gasteiger charge is 2.22. The molecule has 0 amide bonds. The third-order valence-electron chi connectivity index (χ3n) is 2.98. The molecule has 13 heavy (non-hydrogen) atoms. The van der Waals surface area contributed by atoms with E-state index in [2.05, 4.69) is 0 Å². The van der Waals surface area contributed by atoms with Crippen molar-refractivity contribution in [2.24, 2.45) is 5.92 Å². The molecule has 0 aromatic heterocycles. The molecule has 0 spiro atoms. The minimum atomic E-state index is -0.152. The number of rotatable bonds is 5. The number of ketones is 1. The first kappa shape index (κ1) is 10.7. The van der Waals surface area contributed by atoms with Crippen molar-refractivity contribution in [3.05, 3.63) is 0 Å². The molecule has 1 aliphatic rings. The molecule has 2 nitrogen and oxygen atoms in total. The topological polar surface area (TPSA) is 26.3 Å². The van der Waals surface area contributed by atoms with Crippen LogP contribution < -0.4 is 0 Å². The number of ether oxygens (including phenoxy) is 1. The Hall–Kier alpha value is -0.370. The molecule has 1 rings (SSSR count). The first-order valence-corrected chi connectivity index (χ1v) is 5.33. The van der Waals surface area contributed by atoms with Crippen LogP contribution in [0.3, 0.4) is 0 Å². The number of Topliss-reactive ketones (excluding diaryl/α,β-unsaturated/α-hetero) is 1. The van der Waals surface area contributed by atoms with Gasteiger partial charge in [-0.05, 0) is 12.3 Å². The molecule has 2 heteroatoms. The Morgan fingerprint density at radius 1 is 1.46 bits per heavy atom. The van der Waals surface area contributed by atoms with Crippen LogP contribution in [0.15, 0.2) is 0 Å². The Balaban J connectivity index is 2.29. The maximum atomic E-state index is 11.6. The Kier molecular flexibility index (Phi) is 4.43. The van der Waals surface area contributed by atoms with Gasteiger partial charge in [0.15, 0.2) is 5.78 Å². The molecule has 0 aromatic carbocycles. The third kappa shape index (κ3) is 3.11. The van der Waals surface area contributed by atoms with Gasteiger partial charge in [-0.25, -0.2) is 0 Å². The van der Waals surface area contributed by atoms with E-state index < -0.39 is 0 Å². The fraction of sp³-hybridized carbons (Fsp3) is 0.909. The second-order valence-corrected chi connectivity index (χ2v) is 3.95. The zero-order valence-electron chi connectivity index (χ0n) is 8.71. The van der Waals surface area contributed by atoms with Crippen LogP contribution in [-0.4, -0.2) is 19.0 Å². The minimum absolute atomic E-state index is 0.152. The van der Waals surface area contributed by atoms with Crippen molar-refractivity contribution in [2.45, 2.75) is 51.6 Å². The molecule has 1 aliphatic carbocycles. The maximum absolute atomic E-state index is 11.6. The normalized spacial score (nSPS) is 20.5. The van der Waals surface area contributed by atoms with Gasteiger partial charge in [-0.3, -0.25) is 4.79 Å². The summed E-state index contributed by atoms with van der Waals surface area (Å²) in [7, 11) is 1.63. The van der Waals surface area contributed by atoms with E-state index >= 15 is 0 Å². The highest BCUT2D eigenvalue weighted by atomic mass is 16.5. The van der Waals surface area contributed by atoms with Gasteiger partial charge in [0, 0.05) is 13.5 Å². The van der Waals surface area contributed by atoms with E-state index in [0.29, 0.717) is 11.7 Å². The van der Waals surface area contributed by atoms with E-state index in [1.165, 1.54) is 25.7 Å². The summed E-state index contributed by atoms with van der Waals surface area (Å²) in [6, 6.07) is 0. The van der Waals surface area contributed by atoms with Crippen LogP contribution in [0.25, 0.3) is 0 Å². The van der Waals surface area contributed by atoms with Crippen LogP contribution in [0.5, 0.6) is 0 Å². The Bertz CT molecular complexity index is 155. The van der Waals surface area contributed by atoms with Crippen molar-refractivity contribution >= 4 is 5.78 Å². The smallest absolute Gasteiger partial charge is 0.161 e. The quantitative estimate of drug-likeness (QED) is 0.656. The zero-order chi connectivity index (χ0) is 9.68. The molecule has 0 N–H and O–H groups in total. The third-order valence-corrected chi connectivity index (χ3v) is 2.98. The number of carbonyl (C=O) groups is 1. The molecule has 1 unspecified atom stereocenters. The summed E-state index contributed by atoms with van der Waals surface area (Å²) in [6.07, 6.45) is 6.50. The van der Waals surface area contributed by atoms with E-state index in [0.717, 1.165) is 12.8 Å². The molecule has 0 heterocycles. The van der Waals surface area contributed by atoms with E-state index in [-0.39, 0.29) is 6.10 Å². The van der Waals surface area contributed by atoms with E-state index in [9.17, 15) is 4.79 Å². The summed E-state index contributed by atoms with van der Waals surface area (Å²) < 4.78 is 5.12. The second-order valence-electron chi connectivity index (χ2n) is 3.95. The van der Waals surface area contributed by atoms with Crippen molar-refractivity contribution in [3.63, 3.8) is 0 Å². The first-order chi connectivity index (χ1) is 6.27. The first-order valence-electron chi connectivity index (χ1n) is 5.33. The number of hydrogen-bond acceptors (Lipinski definition) is 2. The van der Waals surface area contributed by atoms with Crippen molar-refractivity contribution < 1.29 is 9.53 Å². The fourth-order valence-electron chi connectivity index (χ4n) is 2.16. The van der Waals surface area contributed by atoms with Gasteiger partial charge in [-0.15, -0.1) is 0 Å². The van der Waals surface area contributed by atoms with Crippen molar-refractivity contribution in [1.82, 2.24) is 0 Å². The molecule has 76 valence electrons. The van der Waals surface area contributed by atoms with Gasteiger partial charge < -0.3 is 4.74 Å². The predicted molar refractivity (Wildman–Crippen MR) is 52.7 cm³/mol. The lowest BCUT2D eigenvalue weighted by Crippen LogP contribution is -2.23. The lowest BCUT2D eigenvalue weighted by Gasteiger charge is -2.14. The molecular formula is C11H20O2. The fourth-order valence-corrected chi connectivity index (χ4v) is 2.16. The summed E-state index contributed by atoms with van der Waals surface area (Å²) in [5.41, 5.74) is 0. The van der Waals surface area contributed by atoms with Crippen molar-refractivity contribution in [1.29, 1.82) is 0 Å². The molecule has 1 atom stereocenters. The molecule has 1 saturated carbocycles. The van der Waals surface area contributed by atoms with Gasteiger partial charge in [-0.2, -0.15) is 0 Å². The van der Waals surface area contributed by atoms with Gasteiger partial charge >= 0.3 is 0 Å². The van der Waals surface area contributed by atoms with Crippen molar-refractivity contribution in [2.75, 3.05) is 7.11 Å². The molecular weight excluding hydrogens is 164 g/mol. The lowest BCUT2D eigenvalue weighted by molar-refractivity contribution is -0.129. The van der Waals surface area contributed by atoms with E-state index in [1.54, 1.807) is 7.11 Å². The van der Waals surface area contributed by atoms with Gasteiger partial charge in [0.05, 0.1) is 0 Å². The van der Waals surface area contributed by atoms with Crippen molar-refractivity contribution in [3.8, 4) is 0 Å².